The average Bonchev–Trinajstić information content (AvgIpc) is 3.09. The molecule has 1 aromatic carbocycles. The van der Waals surface area contributed by atoms with Crippen LogP contribution in [0.15, 0.2) is 54.9 Å². The molecule has 1 amide bonds. The van der Waals surface area contributed by atoms with E-state index in [0.717, 1.165) is 37.3 Å². The lowest BCUT2D eigenvalue weighted by Gasteiger charge is -2.21. The maximum atomic E-state index is 12.7. The van der Waals surface area contributed by atoms with Gasteiger partial charge in [0.1, 0.15) is 18.0 Å². The van der Waals surface area contributed by atoms with Crippen molar-refractivity contribution in [1.29, 1.82) is 0 Å². The van der Waals surface area contributed by atoms with Gasteiger partial charge in [0.2, 0.25) is 0 Å². The summed E-state index contributed by atoms with van der Waals surface area (Å²) in [5, 5.41) is 0. The number of carbonyl (C=O) groups is 1. The number of imidazole rings is 1. The highest BCUT2D eigenvalue weighted by molar-refractivity contribution is 5.94. The molecule has 0 aliphatic heterocycles. The summed E-state index contributed by atoms with van der Waals surface area (Å²) in [6.07, 6.45) is 5.82. The van der Waals surface area contributed by atoms with Crippen LogP contribution in [0.25, 0.3) is 5.65 Å². The SMILES string of the molecule is CCCN(CCC)C(=O)c1cccc(OCc2cn3ccccc3n2)c1. The Hall–Kier alpha value is -2.82. The monoisotopic (exact) mass is 351 g/mol. The van der Waals surface area contributed by atoms with Gasteiger partial charge in [-0.3, -0.25) is 4.79 Å². The van der Waals surface area contributed by atoms with Gasteiger partial charge in [0, 0.05) is 31.0 Å². The normalized spacial score (nSPS) is 10.8. The molecule has 5 heteroatoms. The number of rotatable bonds is 8. The number of carbonyl (C=O) groups excluding carboxylic acids is 1. The number of nitrogens with zero attached hydrogens (tertiary/aromatic N) is 3. The van der Waals surface area contributed by atoms with Crippen LogP contribution in [0.4, 0.5) is 0 Å². The summed E-state index contributed by atoms with van der Waals surface area (Å²) in [5.41, 5.74) is 2.41. The van der Waals surface area contributed by atoms with Crippen molar-refractivity contribution in [2.75, 3.05) is 13.1 Å². The lowest BCUT2D eigenvalue weighted by molar-refractivity contribution is 0.0755. The summed E-state index contributed by atoms with van der Waals surface area (Å²) >= 11 is 0. The van der Waals surface area contributed by atoms with Crippen molar-refractivity contribution in [3.8, 4) is 5.75 Å². The molecule has 0 spiro atoms. The zero-order valence-corrected chi connectivity index (χ0v) is 15.4. The van der Waals surface area contributed by atoms with Crippen molar-refractivity contribution in [3.05, 3.63) is 66.1 Å². The number of amides is 1. The third kappa shape index (κ3) is 4.23. The minimum atomic E-state index is 0.0619. The van der Waals surface area contributed by atoms with Crippen LogP contribution in [0.3, 0.4) is 0 Å². The number of ether oxygens (including phenoxy) is 1. The standard InChI is InChI=1S/C21H25N3O2/c1-3-11-23(12-4-2)21(25)17-8-7-9-19(14-17)26-16-18-15-24-13-6-5-10-20(24)22-18/h5-10,13-15H,3-4,11-12,16H2,1-2H3. The first-order valence-corrected chi connectivity index (χ1v) is 9.16. The maximum absolute atomic E-state index is 12.7. The number of benzene rings is 1. The van der Waals surface area contributed by atoms with E-state index in [9.17, 15) is 4.79 Å². The Balaban J connectivity index is 1.69. The summed E-state index contributed by atoms with van der Waals surface area (Å²) in [4.78, 5) is 19.2. The smallest absolute Gasteiger partial charge is 0.253 e. The molecular weight excluding hydrogens is 326 g/mol. The predicted octanol–water partition coefficient (Wildman–Crippen LogP) is 4.18. The topological polar surface area (TPSA) is 46.8 Å². The van der Waals surface area contributed by atoms with E-state index in [1.54, 1.807) is 0 Å². The van der Waals surface area contributed by atoms with Gasteiger partial charge in [-0.1, -0.05) is 26.0 Å². The molecule has 0 bridgehead atoms. The van der Waals surface area contributed by atoms with E-state index < -0.39 is 0 Å². The molecule has 0 aliphatic rings. The Kier molecular flexibility index (Phi) is 5.89. The van der Waals surface area contributed by atoms with Crippen LogP contribution >= 0.6 is 0 Å². The molecule has 3 aromatic rings. The lowest BCUT2D eigenvalue weighted by atomic mass is 10.1. The minimum absolute atomic E-state index is 0.0619. The molecule has 0 aliphatic carbocycles. The average molecular weight is 351 g/mol. The van der Waals surface area contributed by atoms with Crippen LogP contribution < -0.4 is 4.74 Å². The molecule has 0 saturated heterocycles. The predicted molar refractivity (Wildman–Crippen MR) is 102 cm³/mol. The largest absolute Gasteiger partial charge is 0.487 e. The number of hydrogen-bond donors (Lipinski definition) is 0. The van der Waals surface area contributed by atoms with Gasteiger partial charge in [-0.25, -0.2) is 4.98 Å². The Labute approximate surface area is 154 Å². The van der Waals surface area contributed by atoms with Crippen molar-refractivity contribution in [2.24, 2.45) is 0 Å². The molecule has 3 rings (SSSR count). The van der Waals surface area contributed by atoms with E-state index in [0.29, 0.717) is 17.9 Å². The van der Waals surface area contributed by atoms with Gasteiger partial charge in [0.15, 0.2) is 0 Å². The summed E-state index contributed by atoms with van der Waals surface area (Å²) < 4.78 is 7.83. The number of hydrogen-bond acceptors (Lipinski definition) is 3. The van der Waals surface area contributed by atoms with Crippen LogP contribution in [0, 0.1) is 0 Å². The summed E-state index contributed by atoms with van der Waals surface area (Å²) in [7, 11) is 0. The van der Waals surface area contributed by atoms with E-state index >= 15 is 0 Å². The van der Waals surface area contributed by atoms with Gasteiger partial charge < -0.3 is 14.0 Å². The van der Waals surface area contributed by atoms with Crippen LogP contribution in [-0.2, 0) is 6.61 Å². The first kappa shape index (κ1) is 18.0. The molecule has 0 radical (unpaired) electrons. The minimum Gasteiger partial charge on any atom is -0.487 e. The van der Waals surface area contributed by atoms with Crippen molar-refractivity contribution in [3.63, 3.8) is 0 Å². The molecule has 136 valence electrons. The Morgan fingerprint density at radius 3 is 2.65 bits per heavy atom. The highest BCUT2D eigenvalue weighted by Gasteiger charge is 2.14. The quantitative estimate of drug-likeness (QED) is 0.612. The molecular formula is C21H25N3O2. The fourth-order valence-electron chi connectivity index (χ4n) is 2.97. The third-order valence-corrected chi connectivity index (χ3v) is 4.16. The fraction of sp³-hybridized carbons (Fsp3) is 0.333. The second-order valence-corrected chi connectivity index (χ2v) is 6.31. The highest BCUT2D eigenvalue weighted by Crippen LogP contribution is 2.17. The Morgan fingerprint density at radius 2 is 1.92 bits per heavy atom. The van der Waals surface area contributed by atoms with Crippen molar-refractivity contribution in [2.45, 2.75) is 33.3 Å². The van der Waals surface area contributed by atoms with E-state index in [4.69, 9.17) is 4.74 Å². The molecule has 0 fully saturated rings. The van der Waals surface area contributed by atoms with E-state index in [1.165, 1.54) is 0 Å². The Bertz CT molecular complexity index is 833. The first-order chi connectivity index (χ1) is 12.7. The summed E-state index contributed by atoms with van der Waals surface area (Å²) in [5.74, 6) is 0.743. The van der Waals surface area contributed by atoms with Gasteiger partial charge >= 0.3 is 0 Å². The van der Waals surface area contributed by atoms with Crippen LogP contribution in [-0.4, -0.2) is 33.3 Å². The van der Waals surface area contributed by atoms with E-state index in [-0.39, 0.29) is 5.91 Å². The van der Waals surface area contributed by atoms with Gasteiger partial charge in [-0.2, -0.15) is 0 Å². The number of aromatic nitrogens is 2. The van der Waals surface area contributed by atoms with Gasteiger partial charge in [0.25, 0.3) is 5.91 Å². The van der Waals surface area contributed by atoms with Crippen molar-refractivity contribution in [1.82, 2.24) is 14.3 Å². The van der Waals surface area contributed by atoms with E-state index in [1.807, 2.05) is 64.2 Å². The van der Waals surface area contributed by atoms with Crippen molar-refractivity contribution < 1.29 is 9.53 Å². The van der Waals surface area contributed by atoms with Crippen LogP contribution in [0.5, 0.6) is 5.75 Å². The fourth-order valence-corrected chi connectivity index (χ4v) is 2.97. The zero-order valence-electron chi connectivity index (χ0n) is 15.4. The van der Waals surface area contributed by atoms with Gasteiger partial charge in [-0.05, 0) is 43.2 Å². The molecule has 2 heterocycles. The summed E-state index contributed by atoms with van der Waals surface area (Å²) in [6, 6.07) is 13.3. The molecule has 0 atom stereocenters. The number of fused-ring (bicyclic) bond motifs is 1. The van der Waals surface area contributed by atoms with Gasteiger partial charge in [0.05, 0.1) is 5.69 Å². The van der Waals surface area contributed by atoms with Crippen molar-refractivity contribution >= 4 is 11.6 Å². The van der Waals surface area contributed by atoms with Crippen LogP contribution in [0.2, 0.25) is 0 Å². The Morgan fingerprint density at radius 1 is 1.12 bits per heavy atom. The molecule has 0 saturated carbocycles. The molecule has 0 unspecified atom stereocenters. The molecule has 5 nitrogen and oxygen atoms in total. The van der Waals surface area contributed by atoms with Crippen LogP contribution in [0.1, 0.15) is 42.7 Å². The molecule has 26 heavy (non-hydrogen) atoms. The molecule has 0 N–H and O–H groups in total. The third-order valence-electron chi connectivity index (χ3n) is 4.16. The second-order valence-electron chi connectivity index (χ2n) is 6.31. The molecule has 2 aromatic heterocycles. The van der Waals surface area contributed by atoms with E-state index in [2.05, 4.69) is 18.8 Å². The highest BCUT2D eigenvalue weighted by atomic mass is 16.5. The lowest BCUT2D eigenvalue weighted by Crippen LogP contribution is -2.32. The number of pyridine rings is 1. The first-order valence-electron chi connectivity index (χ1n) is 9.16. The van der Waals surface area contributed by atoms with Gasteiger partial charge in [-0.15, -0.1) is 0 Å². The maximum Gasteiger partial charge on any atom is 0.253 e. The zero-order chi connectivity index (χ0) is 18.4. The second kappa shape index (κ2) is 8.52. The summed E-state index contributed by atoms with van der Waals surface area (Å²) in [6.45, 7) is 6.10.